The number of rotatable bonds is 2. The lowest BCUT2D eigenvalue weighted by Crippen LogP contribution is -2.26. The topological polar surface area (TPSA) is 82.5 Å². The van der Waals surface area contributed by atoms with Gasteiger partial charge in [-0.05, 0) is 25.5 Å². The van der Waals surface area contributed by atoms with Crippen molar-refractivity contribution in [3.8, 4) is 17.3 Å². The van der Waals surface area contributed by atoms with E-state index in [0.717, 1.165) is 12.0 Å². The minimum atomic E-state index is -0.405. The summed E-state index contributed by atoms with van der Waals surface area (Å²) in [6.45, 7) is 2.04. The fraction of sp³-hybridized carbons (Fsp3) is 0.217. The van der Waals surface area contributed by atoms with Crippen molar-refractivity contribution in [2.45, 2.75) is 32.1 Å². The van der Waals surface area contributed by atoms with E-state index in [-0.39, 0.29) is 5.78 Å². The van der Waals surface area contributed by atoms with Crippen LogP contribution in [0.4, 0.5) is 0 Å². The zero-order chi connectivity index (χ0) is 20.2. The number of allylic oxidation sites excluding steroid dienone is 2. The second-order valence-corrected chi connectivity index (χ2v) is 7.70. The van der Waals surface area contributed by atoms with Crippen LogP contribution in [-0.2, 0) is 4.79 Å². The van der Waals surface area contributed by atoms with Gasteiger partial charge in [-0.3, -0.25) is 4.79 Å². The van der Waals surface area contributed by atoms with Crippen LogP contribution in [0.3, 0.4) is 0 Å². The largest absolute Gasteiger partial charge is 0.468 e. The average Bonchev–Trinajstić information content (AvgIpc) is 3.43. The van der Waals surface area contributed by atoms with E-state index < -0.39 is 5.92 Å². The molecule has 148 valence electrons. The molecule has 7 nitrogen and oxygen atoms in total. The molecule has 0 spiro atoms. The Hall–Kier alpha value is -3.74. The van der Waals surface area contributed by atoms with Crippen LogP contribution in [0.1, 0.15) is 42.1 Å². The van der Waals surface area contributed by atoms with Crippen molar-refractivity contribution in [2.24, 2.45) is 0 Å². The summed E-state index contributed by atoms with van der Waals surface area (Å²) in [6.07, 6.45) is 5.22. The Balaban J connectivity index is 1.59. The van der Waals surface area contributed by atoms with Gasteiger partial charge < -0.3 is 9.15 Å². The number of nitrogens with zero attached hydrogens (tertiary/aromatic N) is 4. The minimum absolute atomic E-state index is 0.0866. The van der Waals surface area contributed by atoms with Crippen LogP contribution in [-0.4, -0.2) is 25.4 Å². The average molecular weight is 398 g/mol. The molecule has 7 heteroatoms. The number of benzene rings is 1. The molecule has 3 aromatic heterocycles. The van der Waals surface area contributed by atoms with Gasteiger partial charge in [0.25, 0.3) is 0 Å². The van der Waals surface area contributed by atoms with Crippen LogP contribution in [0.15, 0.2) is 64.7 Å². The molecule has 30 heavy (non-hydrogen) atoms. The van der Waals surface area contributed by atoms with E-state index in [9.17, 15) is 4.79 Å². The monoisotopic (exact) mass is 398 g/mol. The summed E-state index contributed by atoms with van der Waals surface area (Å²) in [5.41, 5.74) is 4.06. The third-order valence-electron chi connectivity index (χ3n) is 5.73. The van der Waals surface area contributed by atoms with E-state index in [4.69, 9.17) is 14.1 Å². The summed E-state index contributed by atoms with van der Waals surface area (Å²) in [4.78, 5) is 22.2. The quantitative estimate of drug-likeness (QED) is 0.503. The number of hydrogen-bond acceptors (Lipinski definition) is 6. The number of Topliss-reactive ketones (excluding diaryl/α,β-unsaturated/α-hetero) is 1. The Morgan fingerprint density at radius 1 is 1.13 bits per heavy atom. The van der Waals surface area contributed by atoms with Crippen LogP contribution in [0.2, 0.25) is 0 Å². The van der Waals surface area contributed by atoms with E-state index in [0.29, 0.717) is 52.8 Å². The van der Waals surface area contributed by atoms with Crippen LogP contribution >= 0.6 is 0 Å². The predicted molar refractivity (Wildman–Crippen MR) is 108 cm³/mol. The van der Waals surface area contributed by atoms with Crippen molar-refractivity contribution >= 4 is 11.4 Å². The zero-order valence-corrected chi connectivity index (χ0v) is 16.3. The molecule has 0 amide bonds. The van der Waals surface area contributed by atoms with E-state index >= 15 is 0 Å². The molecule has 2 aliphatic rings. The number of hydrogen-bond donors (Lipinski definition) is 0. The van der Waals surface area contributed by atoms with Crippen molar-refractivity contribution in [3.05, 3.63) is 77.2 Å². The lowest BCUT2D eigenvalue weighted by molar-refractivity contribution is -0.116. The predicted octanol–water partition coefficient (Wildman–Crippen LogP) is 4.22. The molecule has 1 atom stereocenters. The van der Waals surface area contributed by atoms with Crippen molar-refractivity contribution in [3.63, 3.8) is 0 Å². The third kappa shape index (κ3) is 2.51. The molecule has 6 rings (SSSR count). The first-order chi connectivity index (χ1) is 14.7. The highest BCUT2D eigenvalue weighted by Crippen LogP contribution is 2.47. The Morgan fingerprint density at radius 2 is 2.00 bits per heavy atom. The summed E-state index contributed by atoms with van der Waals surface area (Å²) in [5.74, 6) is 2.10. The van der Waals surface area contributed by atoms with E-state index in [1.807, 2.05) is 43.3 Å². The third-order valence-corrected chi connectivity index (χ3v) is 5.73. The SMILES string of the molecule is Cc1ccc(-c2nc3c4c(ncn3n2)OC2=C(C(=O)CCC2)[C@@H]4c2ccco2)cc1. The molecule has 0 radical (unpaired) electrons. The lowest BCUT2D eigenvalue weighted by atomic mass is 9.80. The first-order valence-corrected chi connectivity index (χ1v) is 9.99. The highest BCUT2D eigenvalue weighted by Gasteiger charge is 2.40. The number of ketones is 1. The molecule has 0 saturated carbocycles. The normalized spacial score (nSPS) is 18.3. The van der Waals surface area contributed by atoms with Gasteiger partial charge in [0.15, 0.2) is 17.3 Å². The Bertz CT molecular complexity index is 1320. The number of fused-ring (bicyclic) bond motifs is 3. The van der Waals surface area contributed by atoms with Crippen molar-refractivity contribution < 1.29 is 13.9 Å². The van der Waals surface area contributed by atoms with Gasteiger partial charge in [-0.2, -0.15) is 0 Å². The summed E-state index contributed by atoms with van der Waals surface area (Å²) in [7, 11) is 0. The van der Waals surface area contributed by atoms with Gasteiger partial charge >= 0.3 is 0 Å². The second-order valence-electron chi connectivity index (χ2n) is 7.70. The number of aryl methyl sites for hydroxylation is 1. The maximum absolute atomic E-state index is 12.9. The summed E-state index contributed by atoms with van der Waals surface area (Å²) >= 11 is 0. The summed E-state index contributed by atoms with van der Waals surface area (Å²) < 4.78 is 13.5. The number of carbonyl (C=O) groups excluding carboxylic acids is 1. The number of carbonyl (C=O) groups is 1. The van der Waals surface area contributed by atoms with Crippen molar-refractivity contribution in [1.82, 2.24) is 19.6 Å². The highest BCUT2D eigenvalue weighted by molar-refractivity contribution is 5.99. The van der Waals surface area contributed by atoms with Gasteiger partial charge in [-0.1, -0.05) is 29.8 Å². The fourth-order valence-electron chi connectivity index (χ4n) is 4.28. The fourth-order valence-corrected chi connectivity index (χ4v) is 4.28. The molecule has 0 bridgehead atoms. The Morgan fingerprint density at radius 3 is 2.80 bits per heavy atom. The zero-order valence-electron chi connectivity index (χ0n) is 16.3. The van der Waals surface area contributed by atoms with Crippen LogP contribution in [0.5, 0.6) is 5.88 Å². The molecule has 4 heterocycles. The molecule has 4 aromatic rings. The Kier molecular flexibility index (Phi) is 3.65. The van der Waals surface area contributed by atoms with Crippen molar-refractivity contribution in [1.29, 1.82) is 0 Å². The molecule has 1 aliphatic heterocycles. The lowest BCUT2D eigenvalue weighted by Gasteiger charge is -2.30. The molecular formula is C23H18N4O3. The molecule has 1 aromatic carbocycles. The smallest absolute Gasteiger partial charge is 0.228 e. The van der Waals surface area contributed by atoms with E-state index in [1.54, 1.807) is 17.1 Å². The number of furan rings is 1. The summed E-state index contributed by atoms with van der Waals surface area (Å²) in [5, 5.41) is 4.62. The van der Waals surface area contributed by atoms with Crippen LogP contribution in [0, 0.1) is 6.92 Å². The van der Waals surface area contributed by atoms with E-state index in [2.05, 4.69) is 10.1 Å². The molecule has 0 N–H and O–H groups in total. The molecular weight excluding hydrogens is 380 g/mol. The van der Waals surface area contributed by atoms with Gasteiger partial charge in [0.05, 0.1) is 17.7 Å². The molecule has 1 aliphatic carbocycles. The van der Waals surface area contributed by atoms with Gasteiger partial charge in [0.2, 0.25) is 5.88 Å². The maximum Gasteiger partial charge on any atom is 0.228 e. The highest BCUT2D eigenvalue weighted by atomic mass is 16.5. The molecule has 0 unspecified atom stereocenters. The van der Waals surface area contributed by atoms with Gasteiger partial charge in [-0.25, -0.2) is 14.5 Å². The van der Waals surface area contributed by atoms with Gasteiger partial charge in [-0.15, -0.1) is 5.10 Å². The first-order valence-electron chi connectivity index (χ1n) is 9.99. The number of ether oxygens (including phenoxy) is 1. The van der Waals surface area contributed by atoms with Crippen molar-refractivity contribution in [2.75, 3.05) is 0 Å². The molecule has 0 fully saturated rings. The Labute approximate surface area is 172 Å². The van der Waals surface area contributed by atoms with Crippen LogP contribution < -0.4 is 4.74 Å². The summed E-state index contributed by atoms with van der Waals surface area (Å²) in [6, 6.07) is 11.8. The molecule has 0 saturated heterocycles. The van der Waals surface area contributed by atoms with E-state index in [1.165, 1.54) is 5.56 Å². The number of aromatic nitrogens is 4. The first kappa shape index (κ1) is 17.1. The van der Waals surface area contributed by atoms with Gasteiger partial charge in [0.1, 0.15) is 17.8 Å². The maximum atomic E-state index is 12.9. The standard InChI is InChI=1S/C23H18N4O3/c1-13-7-9-14(10-8-13)21-25-22-20-19(16-6-3-11-29-16)18-15(28)4-2-5-17(18)30-23(20)24-12-27(22)26-21/h3,6-12,19H,2,4-5H2,1H3/t19-/m0/s1. The van der Waals surface area contributed by atoms with Crippen LogP contribution in [0.25, 0.3) is 17.0 Å². The van der Waals surface area contributed by atoms with Gasteiger partial charge in [0, 0.05) is 24.0 Å². The second kappa shape index (κ2) is 6.38. The minimum Gasteiger partial charge on any atom is -0.468 e.